The van der Waals surface area contributed by atoms with Crippen LogP contribution in [0.1, 0.15) is 42.6 Å². The van der Waals surface area contributed by atoms with Crippen LogP contribution in [0.25, 0.3) is 11.1 Å². The Morgan fingerprint density at radius 3 is 2.55 bits per heavy atom. The molecule has 2 nitrogen and oxygen atoms in total. The Bertz CT molecular complexity index is 622. The first-order chi connectivity index (χ1) is 10.6. The van der Waals surface area contributed by atoms with E-state index in [1.54, 1.807) is 0 Å². The number of nitrogens with one attached hydrogen (secondary N) is 2. The first-order valence-electron chi connectivity index (χ1n) is 8.32. The van der Waals surface area contributed by atoms with Gasteiger partial charge in [0.2, 0.25) is 0 Å². The van der Waals surface area contributed by atoms with E-state index in [1.165, 1.54) is 60.3 Å². The molecule has 1 aromatic carbocycles. The predicted octanol–water partition coefficient (Wildman–Crippen LogP) is 5.03. The summed E-state index contributed by atoms with van der Waals surface area (Å²) in [6.45, 7) is 5.54. The van der Waals surface area contributed by atoms with Crippen molar-refractivity contribution in [3.05, 3.63) is 46.2 Å². The Morgan fingerprint density at radius 2 is 1.86 bits per heavy atom. The molecule has 3 rings (SSSR count). The largest absolute Gasteiger partial charge is 0.362 e. The molecule has 0 saturated carbocycles. The lowest BCUT2D eigenvalue weighted by molar-refractivity contribution is 0.383. The first kappa shape index (κ1) is 15.6. The third-order valence-electron chi connectivity index (χ3n) is 4.79. The Hall–Kier alpha value is -1.25. The molecular weight excluding hydrogens is 292 g/mol. The number of benzene rings is 1. The van der Waals surface area contributed by atoms with Crippen molar-refractivity contribution >= 4 is 11.6 Å². The summed E-state index contributed by atoms with van der Waals surface area (Å²) in [6.07, 6.45) is 6.37. The van der Waals surface area contributed by atoms with Gasteiger partial charge in [0.25, 0.3) is 0 Å². The molecule has 22 heavy (non-hydrogen) atoms. The smallest absolute Gasteiger partial charge is 0.0406 e. The van der Waals surface area contributed by atoms with E-state index in [-0.39, 0.29) is 0 Å². The van der Waals surface area contributed by atoms with E-state index >= 15 is 0 Å². The van der Waals surface area contributed by atoms with Crippen LogP contribution in [0.4, 0.5) is 0 Å². The SMILES string of the molecule is Cc1[nH]c(C)c(-c2ccc(Cl)cc2)c1CCC1CCCCN1. The molecule has 0 bridgehead atoms. The maximum atomic E-state index is 6.03. The molecule has 1 aliphatic heterocycles. The minimum Gasteiger partial charge on any atom is -0.362 e. The Balaban J connectivity index is 1.82. The number of halogens is 1. The monoisotopic (exact) mass is 316 g/mol. The van der Waals surface area contributed by atoms with Crippen LogP contribution >= 0.6 is 11.6 Å². The summed E-state index contributed by atoms with van der Waals surface area (Å²) >= 11 is 6.03. The topological polar surface area (TPSA) is 27.8 Å². The molecule has 1 aromatic heterocycles. The zero-order chi connectivity index (χ0) is 15.5. The molecule has 118 valence electrons. The Labute approximate surface area is 138 Å². The highest BCUT2D eigenvalue weighted by molar-refractivity contribution is 6.30. The second-order valence-corrected chi connectivity index (χ2v) is 6.86. The predicted molar refractivity (Wildman–Crippen MR) is 94.7 cm³/mol. The second-order valence-electron chi connectivity index (χ2n) is 6.42. The summed E-state index contributed by atoms with van der Waals surface area (Å²) in [5.41, 5.74) is 6.65. The van der Waals surface area contributed by atoms with Crippen LogP contribution in [0.3, 0.4) is 0 Å². The van der Waals surface area contributed by atoms with Gasteiger partial charge in [-0.1, -0.05) is 30.2 Å². The van der Waals surface area contributed by atoms with Crippen molar-refractivity contribution in [1.29, 1.82) is 0 Å². The quantitative estimate of drug-likeness (QED) is 0.813. The zero-order valence-corrected chi connectivity index (χ0v) is 14.3. The van der Waals surface area contributed by atoms with Crippen molar-refractivity contribution in [2.24, 2.45) is 0 Å². The average Bonchev–Trinajstić information content (AvgIpc) is 2.81. The van der Waals surface area contributed by atoms with Gasteiger partial charge in [-0.15, -0.1) is 0 Å². The number of aryl methyl sites for hydroxylation is 2. The fourth-order valence-electron chi connectivity index (χ4n) is 3.64. The van der Waals surface area contributed by atoms with Crippen molar-refractivity contribution < 1.29 is 0 Å². The van der Waals surface area contributed by atoms with Gasteiger partial charge in [0.1, 0.15) is 0 Å². The van der Waals surface area contributed by atoms with E-state index < -0.39 is 0 Å². The zero-order valence-electron chi connectivity index (χ0n) is 13.5. The Morgan fingerprint density at radius 1 is 1.09 bits per heavy atom. The molecule has 0 amide bonds. The summed E-state index contributed by atoms with van der Waals surface area (Å²) in [6, 6.07) is 8.89. The van der Waals surface area contributed by atoms with Crippen molar-refractivity contribution in [2.75, 3.05) is 6.54 Å². The average molecular weight is 317 g/mol. The lowest BCUT2D eigenvalue weighted by Crippen LogP contribution is -2.34. The molecule has 1 unspecified atom stereocenters. The van der Waals surface area contributed by atoms with Crippen molar-refractivity contribution in [3.63, 3.8) is 0 Å². The van der Waals surface area contributed by atoms with Crippen LogP contribution in [-0.4, -0.2) is 17.6 Å². The van der Waals surface area contributed by atoms with Crippen LogP contribution in [0, 0.1) is 13.8 Å². The molecule has 1 atom stereocenters. The van der Waals surface area contributed by atoms with Crippen LogP contribution in [0.2, 0.25) is 5.02 Å². The number of piperidine rings is 1. The third kappa shape index (κ3) is 3.39. The summed E-state index contributed by atoms with van der Waals surface area (Å²) in [5, 5.41) is 4.45. The molecule has 1 saturated heterocycles. The van der Waals surface area contributed by atoms with E-state index in [1.807, 2.05) is 12.1 Å². The van der Waals surface area contributed by atoms with Crippen molar-refractivity contribution in [2.45, 2.75) is 52.0 Å². The summed E-state index contributed by atoms with van der Waals surface area (Å²) in [7, 11) is 0. The molecule has 1 aliphatic rings. The van der Waals surface area contributed by atoms with Gasteiger partial charge in [-0.05, 0) is 69.3 Å². The molecule has 0 radical (unpaired) electrons. The van der Waals surface area contributed by atoms with Crippen LogP contribution < -0.4 is 5.32 Å². The Kier molecular flexibility index (Phi) is 4.90. The van der Waals surface area contributed by atoms with Gasteiger partial charge in [-0.2, -0.15) is 0 Å². The molecule has 2 aromatic rings. The van der Waals surface area contributed by atoms with Crippen molar-refractivity contribution in [3.8, 4) is 11.1 Å². The summed E-state index contributed by atoms with van der Waals surface area (Å²) in [5.74, 6) is 0. The van der Waals surface area contributed by atoms with E-state index in [0.717, 1.165) is 11.4 Å². The van der Waals surface area contributed by atoms with Crippen LogP contribution in [0.5, 0.6) is 0 Å². The van der Waals surface area contributed by atoms with Gasteiger partial charge in [0.05, 0.1) is 0 Å². The van der Waals surface area contributed by atoms with Crippen LogP contribution in [-0.2, 0) is 6.42 Å². The summed E-state index contributed by atoms with van der Waals surface area (Å²) in [4.78, 5) is 3.52. The maximum Gasteiger partial charge on any atom is 0.0406 e. The lowest BCUT2D eigenvalue weighted by Gasteiger charge is -2.23. The lowest BCUT2D eigenvalue weighted by atomic mass is 9.93. The van der Waals surface area contributed by atoms with Gasteiger partial charge >= 0.3 is 0 Å². The first-order valence-corrected chi connectivity index (χ1v) is 8.70. The highest BCUT2D eigenvalue weighted by atomic mass is 35.5. The number of hydrogen-bond donors (Lipinski definition) is 2. The van der Waals surface area contributed by atoms with E-state index in [2.05, 4.69) is 36.3 Å². The second kappa shape index (κ2) is 6.89. The number of hydrogen-bond acceptors (Lipinski definition) is 1. The third-order valence-corrected chi connectivity index (χ3v) is 5.04. The highest BCUT2D eigenvalue weighted by Gasteiger charge is 2.17. The number of H-pyrrole nitrogens is 1. The highest BCUT2D eigenvalue weighted by Crippen LogP contribution is 2.32. The number of rotatable bonds is 4. The molecule has 1 fully saturated rings. The normalized spacial score (nSPS) is 18.6. The number of aromatic amines is 1. The fraction of sp³-hybridized carbons (Fsp3) is 0.474. The minimum absolute atomic E-state index is 0.682. The van der Waals surface area contributed by atoms with Gasteiger partial charge in [-0.25, -0.2) is 0 Å². The molecule has 3 heteroatoms. The molecule has 2 N–H and O–H groups in total. The van der Waals surface area contributed by atoms with Crippen molar-refractivity contribution in [1.82, 2.24) is 10.3 Å². The van der Waals surface area contributed by atoms with Gasteiger partial charge < -0.3 is 10.3 Å². The molecule has 2 heterocycles. The van der Waals surface area contributed by atoms with E-state index in [0.29, 0.717) is 6.04 Å². The van der Waals surface area contributed by atoms with Gasteiger partial charge in [0.15, 0.2) is 0 Å². The maximum absolute atomic E-state index is 6.03. The minimum atomic E-state index is 0.682. The van der Waals surface area contributed by atoms with E-state index in [9.17, 15) is 0 Å². The standard InChI is InChI=1S/C19H25ClN2/c1-13-18(11-10-17-5-3-4-12-21-17)19(14(2)22-13)15-6-8-16(20)9-7-15/h6-9,17,21-22H,3-5,10-12H2,1-2H3. The van der Waals surface area contributed by atoms with Gasteiger partial charge in [0, 0.05) is 28.0 Å². The molecule has 0 aliphatic carbocycles. The molecular formula is C19H25ClN2. The van der Waals surface area contributed by atoms with Crippen LogP contribution in [0.15, 0.2) is 24.3 Å². The van der Waals surface area contributed by atoms with E-state index in [4.69, 9.17) is 11.6 Å². The van der Waals surface area contributed by atoms with Gasteiger partial charge in [-0.3, -0.25) is 0 Å². The molecule has 0 spiro atoms. The summed E-state index contributed by atoms with van der Waals surface area (Å²) < 4.78 is 0. The fourth-order valence-corrected chi connectivity index (χ4v) is 3.77. The number of aromatic nitrogens is 1.